The van der Waals surface area contributed by atoms with Crippen LogP contribution in [0.15, 0.2) is 12.2 Å². The molecule has 0 rings (SSSR count). The molecule has 0 aromatic rings. The maximum Gasteiger partial charge on any atom is 0.378 e. The minimum Gasteiger partial charge on any atom is -0.460 e. The molecule has 0 aliphatic carbocycles. The van der Waals surface area contributed by atoms with Gasteiger partial charge in [0, 0.05) is 0 Å². The summed E-state index contributed by atoms with van der Waals surface area (Å²) in [5.74, 6) is -1.40. The molecule has 3 heteroatoms. The monoisotopic (exact) mass is 142 g/mol. The van der Waals surface area contributed by atoms with Crippen LogP contribution in [-0.2, 0) is 14.3 Å². The average Bonchev–Trinajstić information content (AvgIpc) is 1.89. The van der Waals surface area contributed by atoms with Gasteiger partial charge < -0.3 is 4.74 Å². The van der Waals surface area contributed by atoms with Crippen LogP contribution in [0.1, 0.15) is 13.8 Å². The van der Waals surface area contributed by atoms with E-state index in [-0.39, 0.29) is 6.61 Å². The molecule has 0 amide bonds. The van der Waals surface area contributed by atoms with E-state index >= 15 is 0 Å². The van der Waals surface area contributed by atoms with Crippen molar-refractivity contribution in [2.45, 2.75) is 13.8 Å². The fourth-order valence-electron chi connectivity index (χ4n) is 0.422. The fourth-order valence-corrected chi connectivity index (χ4v) is 0.422. The zero-order valence-corrected chi connectivity index (χ0v) is 6.09. The topological polar surface area (TPSA) is 43.4 Å². The number of rotatable bonds is 3. The van der Waals surface area contributed by atoms with Crippen molar-refractivity contribution in [1.29, 1.82) is 0 Å². The van der Waals surface area contributed by atoms with Crippen molar-refractivity contribution in [2.75, 3.05) is 6.61 Å². The normalized spacial score (nSPS) is 9.80. The van der Waals surface area contributed by atoms with Crippen LogP contribution in [-0.4, -0.2) is 18.4 Å². The van der Waals surface area contributed by atoms with E-state index in [9.17, 15) is 9.59 Å². The second kappa shape index (κ2) is 4.73. The third-order valence-corrected chi connectivity index (χ3v) is 0.795. The molecule has 0 aromatic carbocycles. The average molecular weight is 142 g/mol. The van der Waals surface area contributed by atoms with E-state index in [1.165, 1.54) is 12.2 Å². The predicted molar refractivity (Wildman–Crippen MR) is 36.5 cm³/mol. The molecule has 0 unspecified atom stereocenters. The van der Waals surface area contributed by atoms with Gasteiger partial charge in [0.05, 0.1) is 6.61 Å². The molecule has 0 heterocycles. The number of hydrogen-bond acceptors (Lipinski definition) is 3. The lowest BCUT2D eigenvalue weighted by Gasteiger charge is -1.94. The zero-order valence-electron chi connectivity index (χ0n) is 6.09. The Balaban J connectivity index is 3.83. The van der Waals surface area contributed by atoms with Crippen molar-refractivity contribution in [2.24, 2.45) is 0 Å². The van der Waals surface area contributed by atoms with E-state index < -0.39 is 11.8 Å². The summed E-state index contributed by atoms with van der Waals surface area (Å²) in [6.45, 7) is 3.56. The van der Waals surface area contributed by atoms with E-state index in [1.807, 2.05) is 0 Å². The summed E-state index contributed by atoms with van der Waals surface area (Å²) < 4.78 is 4.42. The number of carbonyl (C=O) groups is 2. The quantitative estimate of drug-likeness (QED) is 0.331. The van der Waals surface area contributed by atoms with Gasteiger partial charge in [-0.3, -0.25) is 4.79 Å². The van der Waals surface area contributed by atoms with E-state index in [1.54, 1.807) is 13.8 Å². The van der Waals surface area contributed by atoms with Crippen molar-refractivity contribution in [3.05, 3.63) is 12.2 Å². The smallest absolute Gasteiger partial charge is 0.378 e. The van der Waals surface area contributed by atoms with Crippen molar-refractivity contribution in [1.82, 2.24) is 0 Å². The summed E-state index contributed by atoms with van der Waals surface area (Å²) in [5, 5.41) is 0. The summed E-state index contributed by atoms with van der Waals surface area (Å²) in [6.07, 6.45) is 2.68. The number of carbonyl (C=O) groups excluding carboxylic acids is 2. The molecular formula is C7H10O3. The molecule has 0 saturated heterocycles. The predicted octanol–water partition coefficient (Wildman–Crippen LogP) is 0.695. The van der Waals surface area contributed by atoms with Crippen LogP contribution in [0.25, 0.3) is 0 Å². The molecule has 0 spiro atoms. The molecule has 0 bridgehead atoms. The van der Waals surface area contributed by atoms with Gasteiger partial charge in [0.2, 0.25) is 0 Å². The highest BCUT2D eigenvalue weighted by atomic mass is 16.5. The minimum absolute atomic E-state index is 0.238. The van der Waals surface area contributed by atoms with Gasteiger partial charge in [-0.1, -0.05) is 6.08 Å². The maximum absolute atomic E-state index is 10.6. The molecule has 0 atom stereocenters. The minimum atomic E-state index is -0.791. The highest BCUT2D eigenvalue weighted by Crippen LogP contribution is 1.82. The van der Waals surface area contributed by atoms with Gasteiger partial charge in [0.1, 0.15) is 0 Å². The van der Waals surface area contributed by atoms with Crippen molar-refractivity contribution >= 4 is 11.8 Å². The summed E-state index contributed by atoms with van der Waals surface area (Å²) >= 11 is 0. The van der Waals surface area contributed by atoms with Crippen LogP contribution < -0.4 is 0 Å². The lowest BCUT2D eigenvalue weighted by Crippen LogP contribution is -2.14. The number of allylic oxidation sites excluding steroid dienone is 1. The van der Waals surface area contributed by atoms with E-state index in [2.05, 4.69) is 4.74 Å². The third kappa shape index (κ3) is 3.02. The standard InChI is InChI=1S/C7H10O3/c1-3-5-6(8)7(9)10-4-2/h3,5H,4H2,1-2H3/b5-3+. The van der Waals surface area contributed by atoms with Crippen LogP contribution in [0.3, 0.4) is 0 Å². The Morgan fingerprint density at radius 3 is 2.50 bits per heavy atom. The van der Waals surface area contributed by atoms with Gasteiger partial charge in [0.25, 0.3) is 5.78 Å². The molecule has 0 aromatic heterocycles. The van der Waals surface area contributed by atoms with Gasteiger partial charge in [-0.05, 0) is 19.9 Å². The van der Waals surface area contributed by atoms with Crippen LogP contribution in [0.5, 0.6) is 0 Å². The summed E-state index contributed by atoms with van der Waals surface area (Å²) in [5.41, 5.74) is 0. The first kappa shape index (κ1) is 8.88. The Bertz CT molecular complexity index is 158. The Labute approximate surface area is 59.7 Å². The lowest BCUT2D eigenvalue weighted by molar-refractivity contribution is -0.151. The molecule has 0 aliphatic rings. The largest absolute Gasteiger partial charge is 0.460 e. The first-order valence-electron chi connectivity index (χ1n) is 3.06. The first-order chi connectivity index (χ1) is 4.72. The molecule has 3 nitrogen and oxygen atoms in total. The molecule has 0 radical (unpaired) electrons. The molecule has 10 heavy (non-hydrogen) atoms. The Hall–Kier alpha value is -1.12. The number of hydrogen-bond donors (Lipinski definition) is 0. The first-order valence-corrected chi connectivity index (χ1v) is 3.06. The second-order valence-electron chi connectivity index (χ2n) is 1.58. The third-order valence-electron chi connectivity index (χ3n) is 0.795. The molecule has 56 valence electrons. The van der Waals surface area contributed by atoms with E-state index in [0.29, 0.717) is 0 Å². The SMILES string of the molecule is C/C=C/C(=O)C(=O)OCC. The Morgan fingerprint density at radius 1 is 1.50 bits per heavy atom. The van der Waals surface area contributed by atoms with Crippen LogP contribution >= 0.6 is 0 Å². The van der Waals surface area contributed by atoms with Gasteiger partial charge in [-0.15, -0.1) is 0 Å². The Morgan fingerprint density at radius 2 is 2.10 bits per heavy atom. The second-order valence-corrected chi connectivity index (χ2v) is 1.58. The van der Waals surface area contributed by atoms with Crippen molar-refractivity contribution in [3.63, 3.8) is 0 Å². The molecule has 0 fully saturated rings. The highest BCUT2D eigenvalue weighted by molar-refractivity contribution is 6.38. The van der Waals surface area contributed by atoms with Crippen molar-refractivity contribution < 1.29 is 14.3 Å². The molecule has 0 saturated carbocycles. The van der Waals surface area contributed by atoms with Gasteiger partial charge >= 0.3 is 5.97 Å². The number of esters is 1. The molecule has 0 N–H and O–H groups in total. The summed E-state index contributed by atoms with van der Waals surface area (Å²) in [7, 11) is 0. The maximum atomic E-state index is 10.6. The highest BCUT2D eigenvalue weighted by Gasteiger charge is 2.08. The van der Waals surface area contributed by atoms with Crippen LogP contribution in [0.4, 0.5) is 0 Å². The summed E-state index contributed by atoms with van der Waals surface area (Å²) in [4.78, 5) is 21.1. The molecular weight excluding hydrogens is 132 g/mol. The fraction of sp³-hybridized carbons (Fsp3) is 0.429. The van der Waals surface area contributed by atoms with Gasteiger partial charge in [0.15, 0.2) is 0 Å². The van der Waals surface area contributed by atoms with Gasteiger partial charge in [-0.2, -0.15) is 0 Å². The summed E-state index contributed by atoms with van der Waals surface area (Å²) in [6, 6.07) is 0. The zero-order chi connectivity index (χ0) is 7.98. The van der Waals surface area contributed by atoms with E-state index in [4.69, 9.17) is 0 Å². The molecule has 0 aliphatic heterocycles. The van der Waals surface area contributed by atoms with Gasteiger partial charge in [-0.25, -0.2) is 4.79 Å². The number of ketones is 1. The number of ether oxygens (including phenoxy) is 1. The Kier molecular flexibility index (Phi) is 4.20. The van der Waals surface area contributed by atoms with Crippen LogP contribution in [0, 0.1) is 0 Å². The van der Waals surface area contributed by atoms with E-state index in [0.717, 1.165) is 0 Å². The van der Waals surface area contributed by atoms with Crippen LogP contribution in [0.2, 0.25) is 0 Å². The van der Waals surface area contributed by atoms with Crippen molar-refractivity contribution in [3.8, 4) is 0 Å². The lowest BCUT2D eigenvalue weighted by atomic mass is 10.3.